The topological polar surface area (TPSA) is 140 Å². The highest BCUT2D eigenvalue weighted by Crippen LogP contribution is 2.40. The first-order valence-electron chi connectivity index (χ1n) is 15.8. The van der Waals surface area contributed by atoms with E-state index in [0.29, 0.717) is 24.5 Å². The Hall–Kier alpha value is -3.97. The molecule has 0 saturated heterocycles. The second kappa shape index (κ2) is 16.9. The number of benzene rings is 2. The van der Waals surface area contributed by atoms with Crippen LogP contribution in [0.2, 0.25) is 0 Å². The fraction of sp³-hybridized carbons (Fsp3) is 0.486. The van der Waals surface area contributed by atoms with Crippen LogP contribution in [-0.4, -0.2) is 73.8 Å². The third-order valence-corrected chi connectivity index (χ3v) is 8.24. The van der Waals surface area contributed by atoms with Crippen LogP contribution in [0, 0.1) is 17.0 Å². The first-order chi connectivity index (χ1) is 22.5. The number of thioether (sulfide) groups is 1. The third-order valence-electron chi connectivity index (χ3n) is 7.26. The molecule has 0 spiro atoms. The minimum absolute atomic E-state index is 0.000447. The summed E-state index contributed by atoms with van der Waals surface area (Å²) in [7, 11) is 0. The molecule has 0 aliphatic carbocycles. The van der Waals surface area contributed by atoms with Crippen molar-refractivity contribution in [1.82, 2.24) is 19.8 Å². The lowest BCUT2D eigenvalue weighted by molar-refractivity contribution is -0.138. The third kappa shape index (κ3) is 11.6. The monoisotopic (exact) mass is 687 g/mol. The average Bonchev–Trinajstić information content (AvgIpc) is 3.38. The summed E-state index contributed by atoms with van der Waals surface area (Å²) >= 11 is 1.28. The Bertz CT molecular complexity index is 1540. The van der Waals surface area contributed by atoms with Gasteiger partial charge in [0.1, 0.15) is 29.1 Å². The lowest BCUT2D eigenvalue weighted by atomic mass is 9.84. The van der Waals surface area contributed by atoms with Gasteiger partial charge in [0, 0.05) is 31.4 Å². The Morgan fingerprint density at radius 3 is 2.40 bits per heavy atom. The predicted molar refractivity (Wildman–Crippen MR) is 183 cm³/mol. The molecule has 262 valence electrons. The van der Waals surface area contributed by atoms with E-state index >= 15 is 4.39 Å². The molecule has 13 heteroatoms. The van der Waals surface area contributed by atoms with E-state index < -0.39 is 46.8 Å². The van der Waals surface area contributed by atoms with Crippen molar-refractivity contribution >= 4 is 29.7 Å². The molecule has 1 aromatic heterocycles. The molecular weight excluding hydrogens is 640 g/mol. The number of hydrogen-bond donors (Lipinski definition) is 3. The smallest absolute Gasteiger partial charge is 0.407 e. The van der Waals surface area contributed by atoms with Gasteiger partial charge in [-0.2, -0.15) is 11.8 Å². The molecule has 48 heavy (non-hydrogen) atoms. The maximum atomic E-state index is 15.0. The van der Waals surface area contributed by atoms with Gasteiger partial charge in [0.05, 0.1) is 17.5 Å². The van der Waals surface area contributed by atoms with Crippen molar-refractivity contribution in [2.24, 2.45) is 11.1 Å². The number of ether oxygens (including phenoxy) is 1. The number of nitrogens with zero attached hydrogens (tertiary/aromatic N) is 3. The number of carbonyl (C=O) groups excluding carboxylic acids is 2. The van der Waals surface area contributed by atoms with Crippen LogP contribution in [0.5, 0.6) is 0 Å². The van der Waals surface area contributed by atoms with E-state index in [4.69, 9.17) is 20.6 Å². The van der Waals surface area contributed by atoms with Crippen molar-refractivity contribution in [1.29, 1.82) is 0 Å². The highest BCUT2D eigenvalue weighted by atomic mass is 32.2. The second-order valence-corrected chi connectivity index (χ2v) is 14.8. The van der Waals surface area contributed by atoms with Gasteiger partial charge in [0.2, 0.25) is 5.91 Å². The Morgan fingerprint density at radius 1 is 1.08 bits per heavy atom. The molecule has 0 bridgehead atoms. The van der Waals surface area contributed by atoms with Gasteiger partial charge in [0.15, 0.2) is 0 Å². The maximum absolute atomic E-state index is 15.0. The zero-order valence-corrected chi connectivity index (χ0v) is 29.3. The molecule has 1 heterocycles. The number of aromatic nitrogens is 2. The number of halogens is 2. The van der Waals surface area contributed by atoms with Gasteiger partial charge in [0.25, 0.3) is 0 Å². The van der Waals surface area contributed by atoms with E-state index in [2.05, 4.69) is 5.32 Å². The van der Waals surface area contributed by atoms with Gasteiger partial charge in [-0.3, -0.25) is 9.59 Å². The number of amides is 2. The number of carbonyl (C=O) groups is 3. The SMILES string of the molecule is CC(C)(C)OC(=O)NCCCN(C(=O)CSCCC(N)C(=O)O)[C@@H](c1nc(-c2cc(F)ccc2F)cn1Cc1ccccc1)C(C)(C)C. The predicted octanol–water partition coefficient (Wildman–Crippen LogP) is 6.24. The minimum atomic E-state index is -1.11. The molecule has 1 unspecified atom stereocenters. The summed E-state index contributed by atoms with van der Waals surface area (Å²) < 4.78 is 36.5. The number of imidazole rings is 1. The number of aliphatic carboxylic acids is 1. The molecule has 2 amide bonds. The lowest BCUT2D eigenvalue weighted by Crippen LogP contribution is -2.45. The number of carboxylic acid groups (broad SMARTS) is 1. The van der Waals surface area contributed by atoms with Crippen molar-refractivity contribution < 1.29 is 33.0 Å². The van der Waals surface area contributed by atoms with E-state index in [1.54, 1.807) is 31.9 Å². The van der Waals surface area contributed by atoms with Gasteiger partial charge in [-0.1, -0.05) is 51.1 Å². The molecule has 0 aliphatic heterocycles. The zero-order chi connectivity index (χ0) is 35.6. The number of nitrogens with one attached hydrogen (secondary N) is 1. The first kappa shape index (κ1) is 38.5. The Kier molecular flexibility index (Phi) is 13.6. The molecule has 2 aromatic carbocycles. The number of alkyl carbamates (subject to hydrolysis) is 1. The van der Waals surface area contributed by atoms with Gasteiger partial charge in [-0.05, 0) is 68.5 Å². The van der Waals surface area contributed by atoms with E-state index in [1.165, 1.54) is 11.8 Å². The average molecular weight is 688 g/mol. The second-order valence-electron chi connectivity index (χ2n) is 13.6. The number of nitrogens with two attached hydrogens (primary N) is 1. The highest BCUT2D eigenvalue weighted by Gasteiger charge is 2.38. The summed E-state index contributed by atoms with van der Waals surface area (Å²) in [5.41, 5.74) is 5.56. The van der Waals surface area contributed by atoms with Crippen molar-refractivity contribution in [2.45, 2.75) is 78.6 Å². The Morgan fingerprint density at radius 2 is 1.77 bits per heavy atom. The van der Waals surface area contributed by atoms with Gasteiger partial charge in [-0.15, -0.1) is 0 Å². The molecular formula is C35H47F2N5O5S. The Labute approximate surface area is 285 Å². The van der Waals surface area contributed by atoms with E-state index in [-0.39, 0.29) is 42.4 Å². The summed E-state index contributed by atoms with van der Waals surface area (Å²) in [5.74, 6) is -1.68. The van der Waals surface area contributed by atoms with E-state index in [0.717, 1.165) is 23.8 Å². The summed E-state index contributed by atoms with van der Waals surface area (Å²) in [6.45, 7) is 12.0. The van der Waals surface area contributed by atoms with Crippen LogP contribution in [-0.2, 0) is 20.9 Å². The molecule has 3 rings (SSSR count). The normalized spacial score (nSPS) is 13.1. The maximum Gasteiger partial charge on any atom is 0.407 e. The van der Waals surface area contributed by atoms with Crippen molar-refractivity contribution in [3.05, 3.63) is 77.8 Å². The molecule has 0 saturated carbocycles. The standard InChI is InChI=1S/C35H47F2N5O5S/c1-34(2,3)30(31-40-28(25-19-24(36)13-14-26(25)37)21-41(31)20-23-11-8-7-9-12-23)42(17-10-16-39-33(46)47-35(4,5)6)29(43)22-48-18-15-27(38)32(44)45/h7-9,11-14,19,21,27,30H,10,15-18,20,22,38H2,1-6H3,(H,39,46)(H,44,45)/t27?,30-/m0/s1. The minimum Gasteiger partial charge on any atom is -0.480 e. The quantitative estimate of drug-likeness (QED) is 0.160. The summed E-state index contributed by atoms with van der Waals surface area (Å²) in [4.78, 5) is 44.1. The van der Waals surface area contributed by atoms with Gasteiger partial charge in [-0.25, -0.2) is 18.6 Å². The molecule has 4 N–H and O–H groups in total. The van der Waals surface area contributed by atoms with Crippen LogP contribution >= 0.6 is 11.8 Å². The molecule has 10 nitrogen and oxygen atoms in total. The van der Waals surface area contributed by atoms with Crippen molar-refractivity contribution in [3.63, 3.8) is 0 Å². The zero-order valence-electron chi connectivity index (χ0n) is 28.5. The van der Waals surface area contributed by atoms with Gasteiger partial charge >= 0.3 is 12.1 Å². The summed E-state index contributed by atoms with van der Waals surface area (Å²) in [5, 5.41) is 11.9. The molecule has 2 atom stereocenters. The fourth-order valence-corrected chi connectivity index (χ4v) is 6.01. The van der Waals surface area contributed by atoms with E-state index in [1.807, 2.05) is 55.7 Å². The number of carboxylic acids is 1. The van der Waals surface area contributed by atoms with Crippen molar-refractivity contribution in [3.8, 4) is 11.3 Å². The summed E-state index contributed by atoms with van der Waals surface area (Å²) in [6, 6.07) is 11.1. The van der Waals surface area contributed by atoms with Crippen LogP contribution in [0.3, 0.4) is 0 Å². The summed E-state index contributed by atoms with van der Waals surface area (Å²) in [6.07, 6.45) is 1.68. The van der Waals surface area contributed by atoms with E-state index in [9.17, 15) is 18.8 Å². The van der Waals surface area contributed by atoms with Crippen LogP contribution in [0.25, 0.3) is 11.3 Å². The highest BCUT2D eigenvalue weighted by molar-refractivity contribution is 7.99. The lowest BCUT2D eigenvalue weighted by Gasteiger charge is -2.40. The largest absolute Gasteiger partial charge is 0.480 e. The van der Waals surface area contributed by atoms with Crippen LogP contribution in [0.1, 0.15) is 71.8 Å². The molecule has 0 fully saturated rings. The number of hydrogen-bond acceptors (Lipinski definition) is 7. The molecule has 3 aromatic rings. The van der Waals surface area contributed by atoms with Crippen molar-refractivity contribution in [2.75, 3.05) is 24.6 Å². The molecule has 0 radical (unpaired) electrons. The Balaban J connectivity index is 2.02. The van der Waals surface area contributed by atoms with Gasteiger partial charge < -0.3 is 30.4 Å². The number of rotatable bonds is 15. The van der Waals surface area contributed by atoms with Crippen LogP contribution < -0.4 is 11.1 Å². The fourth-order valence-electron chi connectivity index (χ4n) is 5.10. The molecule has 0 aliphatic rings. The van der Waals surface area contributed by atoms with Crippen LogP contribution in [0.4, 0.5) is 13.6 Å². The first-order valence-corrected chi connectivity index (χ1v) is 17.0. The van der Waals surface area contributed by atoms with Crippen LogP contribution in [0.15, 0.2) is 54.7 Å².